The molecular weight excluding hydrogens is 447 g/mol. The fourth-order valence-electron chi connectivity index (χ4n) is 3.62. The third kappa shape index (κ3) is 5.09. The lowest BCUT2D eigenvalue weighted by Gasteiger charge is -2.12. The number of nitriles is 1. The van der Waals surface area contributed by atoms with Crippen molar-refractivity contribution in [2.24, 2.45) is 0 Å². The number of hydrogen-bond acceptors (Lipinski definition) is 5. The minimum atomic E-state index is -0.759. The Balaban J connectivity index is 1.84. The van der Waals surface area contributed by atoms with Gasteiger partial charge in [-0.15, -0.1) is 0 Å². The summed E-state index contributed by atoms with van der Waals surface area (Å²) in [6, 6.07) is 16.0. The number of carbonyl (C=O) groups excluding carboxylic acids is 1. The highest BCUT2D eigenvalue weighted by molar-refractivity contribution is 6.09. The molecule has 1 N–H and O–H groups in total. The predicted octanol–water partition coefficient (Wildman–Crippen LogP) is 5.10. The number of fused-ring (bicyclic) bond motifs is 1. The summed E-state index contributed by atoms with van der Waals surface area (Å²) in [7, 11) is 0. The lowest BCUT2D eigenvalue weighted by atomic mass is 10.1. The summed E-state index contributed by atoms with van der Waals surface area (Å²) in [6.45, 7) is 5.65. The number of amides is 1. The molecule has 2 aromatic carbocycles. The first-order valence-electron chi connectivity index (χ1n) is 10.7. The molecule has 4 aromatic rings. The molecule has 0 spiro atoms. The highest BCUT2D eigenvalue weighted by Gasteiger charge is 2.18. The normalized spacial score (nSPS) is 11.2. The lowest BCUT2D eigenvalue weighted by molar-refractivity contribution is -0.112. The van der Waals surface area contributed by atoms with Crippen LogP contribution in [0.4, 0.5) is 10.1 Å². The maximum Gasteiger partial charge on any atom is 0.269 e. The van der Waals surface area contributed by atoms with Crippen molar-refractivity contribution in [1.82, 2.24) is 9.38 Å². The number of pyridine rings is 1. The van der Waals surface area contributed by atoms with E-state index < -0.39 is 17.3 Å². The van der Waals surface area contributed by atoms with Crippen molar-refractivity contribution >= 4 is 23.3 Å². The van der Waals surface area contributed by atoms with E-state index in [9.17, 15) is 19.2 Å². The molecule has 0 bridgehead atoms. The first kappa shape index (κ1) is 23.4. The third-order valence-electron chi connectivity index (χ3n) is 5.21. The smallest absolute Gasteiger partial charge is 0.269 e. The number of ether oxygens (including phenoxy) is 1. The molecule has 0 radical (unpaired) electrons. The Morgan fingerprint density at radius 3 is 2.46 bits per heavy atom. The van der Waals surface area contributed by atoms with Crippen LogP contribution in [0.15, 0.2) is 71.2 Å². The van der Waals surface area contributed by atoms with Gasteiger partial charge in [0.1, 0.15) is 34.4 Å². The monoisotopic (exact) mass is 468 g/mol. The van der Waals surface area contributed by atoms with Crippen LogP contribution >= 0.6 is 0 Å². The Bertz CT molecular complexity index is 1560. The van der Waals surface area contributed by atoms with Crippen LogP contribution in [0.3, 0.4) is 0 Å². The van der Waals surface area contributed by atoms with E-state index in [4.69, 9.17) is 4.74 Å². The fourth-order valence-corrected chi connectivity index (χ4v) is 3.62. The van der Waals surface area contributed by atoms with Gasteiger partial charge in [-0.2, -0.15) is 10.2 Å². The molecule has 4 rings (SSSR count). The van der Waals surface area contributed by atoms with Crippen LogP contribution in [0.1, 0.15) is 22.3 Å². The maximum absolute atomic E-state index is 13.4. The maximum atomic E-state index is 13.4. The molecule has 0 aliphatic rings. The van der Waals surface area contributed by atoms with Crippen LogP contribution in [-0.2, 0) is 4.79 Å². The Morgan fingerprint density at radius 1 is 1.11 bits per heavy atom. The van der Waals surface area contributed by atoms with Crippen LogP contribution < -0.4 is 15.6 Å². The van der Waals surface area contributed by atoms with Crippen LogP contribution in [0, 0.1) is 37.9 Å². The van der Waals surface area contributed by atoms with Crippen molar-refractivity contribution in [3.63, 3.8) is 0 Å². The van der Waals surface area contributed by atoms with Gasteiger partial charge in [-0.05, 0) is 86.0 Å². The second-order valence-electron chi connectivity index (χ2n) is 8.08. The molecule has 0 aliphatic carbocycles. The summed E-state index contributed by atoms with van der Waals surface area (Å²) in [4.78, 5) is 30.7. The van der Waals surface area contributed by atoms with E-state index in [1.807, 2.05) is 39.0 Å². The zero-order valence-corrected chi connectivity index (χ0v) is 19.3. The van der Waals surface area contributed by atoms with E-state index in [1.54, 1.807) is 24.4 Å². The average Bonchev–Trinajstić information content (AvgIpc) is 2.80. The molecule has 0 unspecified atom stereocenters. The number of hydrogen-bond donors (Lipinski definition) is 1. The van der Waals surface area contributed by atoms with E-state index in [0.717, 1.165) is 22.8 Å². The van der Waals surface area contributed by atoms with Crippen molar-refractivity contribution in [1.29, 1.82) is 5.26 Å². The molecule has 0 saturated heterocycles. The SMILES string of the molecule is Cc1cc(C)cc(Oc2nc3c(C)cccn3c(=O)c2/C=C(/C#N)C(=O)Nc2ccc(F)cc2)c1. The highest BCUT2D eigenvalue weighted by atomic mass is 19.1. The average molecular weight is 468 g/mol. The third-order valence-corrected chi connectivity index (χ3v) is 5.21. The van der Waals surface area contributed by atoms with Gasteiger partial charge in [0.25, 0.3) is 11.5 Å². The molecule has 0 atom stereocenters. The van der Waals surface area contributed by atoms with Crippen molar-refractivity contribution in [3.8, 4) is 17.7 Å². The number of nitrogens with one attached hydrogen (secondary N) is 1. The second kappa shape index (κ2) is 9.61. The quantitative estimate of drug-likeness (QED) is 0.325. The second-order valence-corrected chi connectivity index (χ2v) is 8.08. The van der Waals surface area contributed by atoms with E-state index in [2.05, 4.69) is 10.3 Å². The Hall–Kier alpha value is -4.77. The fraction of sp³-hybridized carbons (Fsp3) is 0.111. The zero-order chi connectivity index (χ0) is 25.1. The van der Waals surface area contributed by atoms with Gasteiger partial charge in [0.05, 0.1) is 0 Å². The summed E-state index contributed by atoms with van der Waals surface area (Å²) in [6.07, 6.45) is 2.71. The summed E-state index contributed by atoms with van der Waals surface area (Å²) >= 11 is 0. The molecular formula is C27H21FN4O3. The Labute approximate surface area is 200 Å². The Kier molecular flexibility index (Phi) is 6.42. The largest absolute Gasteiger partial charge is 0.438 e. The van der Waals surface area contributed by atoms with E-state index in [-0.39, 0.29) is 17.0 Å². The van der Waals surface area contributed by atoms with Crippen LogP contribution in [0.5, 0.6) is 11.6 Å². The predicted molar refractivity (Wildman–Crippen MR) is 131 cm³/mol. The molecule has 0 saturated carbocycles. The molecule has 174 valence electrons. The van der Waals surface area contributed by atoms with Crippen LogP contribution in [0.25, 0.3) is 11.7 Å². The van der Waals surface area contributed by atoms with Crippen molar-refractivity contribution < 1.29 is 13.9 Å². The van der Waals surface area contributed by atoms with Gasteiger partial charge in [0, 0.05) is 11.9 Å². The molecule has 8 heteroatoms. The number of carbonyl (C=O) groups is 1. The molecule has 2 aromatic heterocycles. The topological polar surface area (TPSA) is 96.5 Å². The van der Waals surface area contributed by atoms with Crippen molar-refractivity contribution in [3.05, 3.63) is 105 Å². The standard InChI is InChI=1S/C27H21FN4O3/c1-16-11-17(2)13-22(12-16)35-26-23(27(34)32-10-4-5-18(3)24(32)31-26)14-19(15-29)25(33)30-21-8-6-20(28)7-9-21/h4-14H,1-3H3,(H,30,33)/b19-14-. The number of aromatic nitrogens is 2. The first-order chi connectivity index (χ1) is 16.7. The molecule has 1 amide bonds. The highest BCUT2D eigenvalue weighted by Crippen LogP contribution is 2.26. The van der Waals surface area contributed by atoms with Crippen LogP contribution in [-0.4, -0.2) is 15.3 Å². The summed E-state index contributed by atoms with van der Waals surface area (Å²) in [5.74, 6) is -0.782. The minimum absolute atomic E-state index is 0.0309. The van der Waals surface area contributed by atoms with E-state index in [1.165, 1.54) is 28.7 Å². The minimum Gasteiger partial charge on any atom is -0.438 e. The van der Waals surface area contributed by atoms with Gasteiger partial charge in [0.15, 0.2) is 0 Å². The lowest BCUT2D eigenvalue weighted by Crippen LogP contribution is -2.20. The Morgan fingerprint density at radius 2 is 1.80 bits per heavy atom. The van der Waals surface area contributed by atoms with Gasteiger partial charge < -0.3 is 10.1 Å². The van der Waals surface area contributed by atoms with Crippen molar-refractivity contribution in [2.45, 2.75) is 20.8 Å². The molecule has 0 fully saturated rings. The molecule has 0 aliphatic heterocycles. The van der Waals surface area contributed by atoms with Gasteiger partial charge in [-0.3, -0.25) is 14.0 Å². The van der Waals surface area contributed by atoms with Gasteiger partial charge in [0.2, 0.25) is 5.88 Å². The van der Waals surface area contributed by atoms with Gasteiger partial charge in [-0.1, -0.05) is 12.1 Å². The summed E-state index contributed by atoms with van der Waals surface area (Å²) in [5.41, 5.74) is 2.46. The number of rotatable bonds is 5. The van der Waals surface area contributed by atoms with Gasteiger partial charge >= 0.3 is 0 Å². The van der Waals surface area contributed by atoms with E-state index >= 15 is 0 Å². The van der Waals surface area contributed by atoms with Gasteiger partial charge in [-0.25, -0.2) is 4.39 Å². The number of halogens is 1. The van der Waals surface area contributed by atoms with Crippen LogP contribution in [0.2, 0.25) is 0 Å². The first-order valence-corrected chi connectivity index (χ1v) is 10.7. The molecule has 7 nitrogen and oxygen atoms in total. The molecule has 35 heavy (non-hydrogen) atoms. The summed E-state index contributed by atoms with van der Waals surface area (Å²) < 4.78 is 20.5. The molecule has 2 heterocycles. The number of benzene rings is 2. The number of aryl methyl sites for hydroxylation is 3. The van der Waals surface area contributed by atoms with E-state index in [0.29, 0.717) is 17.1 Å². The van der Waals surface area contributed by atoms with Crippen molar-refractivity contribution in [2.75, 3.05) is 5.32 Å². The number of anilines is 1. The zero-order valence-electron chi connectivity index (χ0n) is 19.3. The summed E-state index contributed by atoms with van der Waals surface area (Å²) in [5, 5.41) is 12.2. The number of nitrogens with zero attached hydrogens (tertiary/aromatic N) is 3.